The first-order chi connectivity index (χ1) is 16.0. The molecule has 4 rings (SSSR count). The third-order valence-electron chi connectivity index (χ3n) is 7.22. The fourth-order valence-electron chi connectivity index (χ4n) is 5.02. The number of rotatable bonds is 7. The number of piperidine rings is 2. The van der Waals surface area contributed by atoms with E-state index >= 15 is 0 Å². The molecule has 3 saturated heterocycles. The fraction of sp³-hybridized carbons (Fsp3) is 0.680. The van der Waals surface area contributed by atoms with Crippen LogP contribution in [0.4, 0.5) is 0 Å². The highest BCUT2D eigenvalue weighted by Crippen LogP contribution is 2.37. The van der Waals surface area contributed by atoms with E-state index in [4.69, 9.17) is 21.1 Å². The lowest BCUT2D eigenvalue weighted by Gasteiger charge is -2.43. The van der Waals surface area contributed by atoms with Crippen LogP contribution in [0.3, 0.4) is 0 Å². The standard InChI is InChI=1S/C25H36ClN3O4/c26-21-5-4-6-22(17-21)33-20-25(18-23(30)28-9-2-1-3-10-28)7-11-29(12-8-25)24(31)19-27-13-15-32-16-14-27/h4-6,17H,1-3,7-16,18-20H2. The molecule has 1 aromatic carbocycles. The van der Waals surface area contributed by atoms with Gasteiger partial charge in [0, 0.05) is 56.1 Å². The minimum absolute atomic E-state index is 0.170. The first-order valence-electron chi connectivity index (χ1n) is 12.3. The number of likely N-dealkylation sites (tertiary alicyclic amines) is 2. The number of carbonyl (C=O) groups is 2. The van der Waals surface area contributed by atoms with Gasteiger partial charge in [0.2, 0.25) is 11.8 Å². The third kappa shape index (κ3) is 6.84. The Kier molecular flexibility index (Phi) is 8.50. The van der Waals surface area contributed by atoms with Crippen LogP contribution >= 0.6 is 11.6 Å². The van der Waals surface area contributed by atoms with Gasteiger partial charge in [-0.25, -0.2) is 0 Å². The van der Waals surface area contributed by atoms with Gasteiger partial charge in [-0.2, -0.15) is 0 Å². The lowest BCUT2D eigenvalue weighted by Crippen LogP contribution is -2.51. The molecule has 0 radical (unpaired) electrons. The van der Waals surface area contributed by atoms with Crippen LogP contribution in [0.25, 0.3) is 0 Å². The molecule has 3 fully saturated rings. The summed E-state index contributed by atoms with van der Waals surface area (Å²) in [5, 5.41) is 0.634. The van der Waals surface area contributed by atoms with Gasteiger partial charge in [0.25, 0.3) is 0 Å². The topological polar surface area (TPSA) is 62.3 Å². The second-order valence-electron chi connectivity index (χ2n) is 9.63. The maximum absolute atomic E-state index is 13.2. The molecule has 0 aliphatic carbocycles. The molecule has 0 aromatic heterocycles. The van der Waals surface area contributed by atoms with Crippen molar-refractivity contribution in [1.29, 1.82) is 0 Å². The van der Waals surface area contributed by atoms with Gasteiger partial charge in [-0.1, -0.05) is 17.7 Å². The third-order valence-corrected chi connectivity index (χ3v) is 7.45. The van der Waals surface area contributed by atoms with Crippen LogP contribution in [0, 0.1) is 5.41 Å². The van der Waals surface area contributed by atoms with E-state index in [1.807, 2.05) is 34.1 Å². The molecule has 0 saturated carbocycles. The number of morpholine rings is 1. The largest absolute Gasteiger partial charge is 0.493 e. The second-order valence-corrected chi connectivity index (χ2v) is 10.1. The number of hydrogen-bond acceptors (Lipinski definition) is 5. The van der Waals surface area contributed by atoms with Gasteiger partial charge in [0.1, 0.15) is 5.75 Å². The summed E-state index contributed by atoms with van der Waals surface area (Å²) < 4.78 is 11.5. The fourth-order valence-corrected chi connectivity index (χ4v) is 5.20. The number of benzene rings is 1. The average molecular weight is 478 g/mol. The summed E-state index contributed by atoms with van der Waals surface area (Å²) in [6, 6.07) is 7.40. The second kappa shape index (κ2) is 11.5. The number of carbonyl (C=O) groups excluding carboxylic acids is 2. The number of halogens is 1. The summed E-state index contributed by atoms with van der Waals surface area (Å²) in [6.45, 7) is 6.93. The Bertz CT molecular complexity index is 801. The summed E-state index contributed by atoms with van der Waals surface area (Å²) in [7, 11) is 0. The molecular weight excluding hydrogens is 442 g/mol. The van der Waals surface area contributed by atoms with E-state index in [1.54, 1.807) is 0 Å². The Morgan fingerprint density at radius 3 is 2.33 bits per heavy atom. The SMILES string of the molecule is O=C(CN1CCOCC1)N1CCC(COc2cccc(Cl)c2)(CC(=O)N2CCCCC2)CC1. The van der Waals surface area contributed by atoms with E-state index in [-0.39, 0.29) is 17.2 Å². The molecule has 7 nitrogen and oxygen atoms in total. The summed E-state index contributed by atoms with van der Waals surface area (Å²) in [6.07, 6.45) is 5.37. The lowest BCUT2D eigenvalue weighted by atomic mass is 9.75. The molecule has 1 aromatic rings. The van der Waals surface area contributed by atoms with Crippen molar-refractivity contribution in [2.45, 2.75) is 38.5 Å². The van der Waals surface area contributed by atoms with E-state index in [1.165, 1.54) is 6.42 Å². The molecule has 0 atom stereocenters. The first kappa shape index (κ1) is 24.3. The van der Waals surface area contributed by atoms with Gasteiger partial charge in [-0.15, -0.1) is 0 Å². The number of hydrogen-bond donors (Lipinski definition) is 0. The molecule has 33 heavy (non-hydrogen) atoms. The van der Waals surface area contributed by atoms with Crippen LogP contribution in [-0.2, 0) is 14.3 Å². The Morgan fingerprint density at radius 1 is 0.939 bits per heavy atom. The lowest BCUT2D eigenvalue weighted by molar-refractivity contribution is -0.139. The molecule has 0 bridgehead atoms. The van der Waals surface area contributed by atoms with Gasteiger partial charge >= 0.3 is 0 Å². The molecule has 0 N–H and O–H groups in total. The van der Waals surface area contributed by atoms with Crippen LogP contribution in [0.2, 0.25) is 5.02 Å². The Labute approximate surface area is 201 Å². The van der Waals surface area contributed by atoms with Crippen LogP contribution in [0.1, 0.15) is 38.5 Å². The molecular formula is C25H36ClN3O4. The highest BCUT2D eigenvalue weighted by Gasteiger charge is 2.40. The first-order valence-corrected chi connectivity index (χ1v) is 12.6. The maximum atomic E-state index is 13.2. The Morgan fingerprint density at radius 2 is 1.64 bits per heavy atom. The molecule has 0 spiro atoms. The number of amides is 2. The van der Waals surface area contributed by atoms with Crippen LogP contribution in [0.5, 0.6) is 5.75 Å². The zero-order valence-corrected chi connectivity index (χ0v) is 20.2. The molecule has 182 valence electrons. The minimum Gasteiger partial charge on any atom is -0.493 e. The molecule has 3 aliphatic rings. The van der Waals surface area contributed by atoms with Crippen LogP contribution in [-0.4, -0.2) is 92.1 Å². The van der Waals surface area contributed by atoms with Crippen LogP contribution in [0.15, 0.2) is 24.3 Å². The van der Waals surface area contributed by atoms with Crippen LogP contribution < -0.4 is 4.74 Å². The van der Waals surface area contributed by atoms with Gasteiger partial charge in [-0.3, -0.25) is 14.5 Å². The van der Waals surface area contributed by atoms with Crippen molar-refractivity contribution in [1.82, 2.24) is 14.7 Å². The zero-order chi connectivity index (χ0) is 23.1. The van der Waals surface area contributed by atoms with E-state index in [0.717, 1.165) is 57.6 Å². The monoisotopic (exact) mass is 477 g/mol. The summed E-state index contributed by atoms with van der Waals surface area (Å²) in [4.78, 5) is 32.2. The zero-order valence-electron chi connectivity index (χ0n) is 19.5. The predicted molar refractivity (Wildman–Crippen MR) is 128 cm³/mol. The van der Waals surface area contributed by atoms with E-state index < -0.39 is 0 Å². The summed E-state index contributed by atoms with van der Waals surface area (Å²) >= 11 is 6.12. The minimum atomic E-state index is -0.271. The molecule has 0 unspecified atom stereocenters. The highest BCUT2D eigenvalue weighted by atomic mass is 35.5. The van der Waals surface area contributed by atoms with Gasteiger partial charge < -0.3 is 19.3 Å². The Balaban J connectivity index is 1.38. The van der Waals surface area contributed by atoms with Crippen molar-refractivity contribution in [3.05, 3.63) is 29.3 Å². The smallest absolute Gasteiger partial charge is 0.236 e. The maximum Gasteiger partial charge on any atom is 0.236 e. The van der Waals surface area contributed by atoms with Gasteiger partial charge in [-0.05, 0) is 50.3 Å². The summed E-state index contributed by atoms with van der Waals surface area (Å²) in [5.41, 5.74) is -0.271. The summed E-state index contributed by atoms with van der Waals surface area (Å²) in [5.74, 6) is 1.11. The van der Waals surface area contributed by atoms with Crippen molar-refractivity contribution in [2.75, 3.05) is 65.6 Å². The van der Waals surface area contributed by atoms with Crippen molar-refractivity contribution < 1.29 is 19.1 Å². The number of ether oxygens (including phenoxy) is 2. The van der Waals surface area contributed by atoms with E-state index in [0.29, 0.717) is 50.9 Å². The average Bonchev–Trinajstić information content (AvgIpc) is 2.84. The normalized spacial score (nSPS) is 21.6. The molecule has 8 heteroatoms. The number of nitrogens with zero attached hydrogens (tertiary/aromatic N) is 3. The van der Waals surface area contributed by atoms with E-state index in [9.17, 15) is 9.59 Å². The van der Waals surface area contributed by atoms with Gasteiger partial charge in [0.05, 0.1) is 26.4 Å². The van der Waals surface area contributed by atoms with E-state index in [2.05, 4.69) is 4.90 Å². The van der Waals surface area contributed by atoms with Crippen molar-refractivity contribution >= 4 is 23.4 Å². The molecule has 3 aliphatic heterocycles. The van der Waals surface area contributed by atoms with Crippen molar-refractivity contribution in [3.8, 4) is 5.75 Å². The molecule has 3 heterocycles. The highest BCUT2D eigenvalue weighted by molar-refractivity contribution is 6.30. The van der Waals surface area contributed by atoms with Gasteiger partial charge in [0.15, 0.2) is 0 Å². The Hall–Kier alpha value is -1.83. The van der Waals surface area contributed by atoms with Crippen molar-refractivity contribution in [2.24, 2.45) is 5.41 Å². The quantitative estimate of drug-likeness (QED) is 0.604. The van der Waals surface area contributed by atoms with Crippen molar-refractivity contribution in [3.63, 3.8) is 0 Å². The predicted octanol–water partition coefficient (Wildman–Crippen LogP) is 3.06. The molecule has 2 amide bonds.